The molecule has 0 aliphatic rings. The summed E-state index contributed by atoms with van der Waals surface area (Å²) in [5, 5.41) is 6.13. The third-order valence-electron chi connectivity index (χ3n) is 4.06. The van der Waals surface area contributed by atoms with Gasteiger partial charge in [-0.15, -0.1) is 11.3 Å². The maximum Gasteiger partial charge on any atom is 0.264 e. The average molecular weight is 450 g/mol. The molecule has 0 saturated heterocycles. The van der Waals surface area contributed by atoms with Gasteiger partial charge >= 0.3 is 0 Å². The molecule has 1 aromatic carbocycles. The molecular weight excluding hydrogens is 430 g/mol. The van der Waals surface area contributed by atoms with Gasteiger partial charge in [-0.3, -0.25) is 9.48 Å². The van der Waals surface area contributed by atoms with Gasteiger partial charge < -0.3 is 14.4 Å². The number of halogens is 1. The van der Waals surface area contributed by atoms with E-state index in [-0.39, 0.29) is 5.91 Å². The smallest absolute Gasteiger partial charge is 0.264 e. The fourth-order valence-corrected chi connectivity index (χ4v) is 3.88. The molecule has 1 amide bonds. The lowest BCUT2D eigenvalue weighted by atomic mass is 10.3. The molecule has 2 aromatic heterocycles. The summed E-state index contributed by atoms with van der Waals surface area (Å²) in [5.41, 5.74) is 1.91. The number of carbonyl (C=O) groups excluding carboxylic acids is 1. The summed E-state index contributed by atoms with van der Waals surface area (Å²) in [4.78, 5) is 15.1. The van der Waals surface area contributed by atoms with E-state index in [1.165, 1.54) is 11.3 Å². The summed E-state index contributed by atoms with van der Waals surface area (Å²) >= 11 is 4.88. The van der Waals surface area contributed by atoms with Gasteiger partial charge in [-0.1, -0.05) is 6.07 Å². The number of thiophene rings is 1. The molecular formula is C19H20BrN3O3S. The summed E-state index contributed by atoms with van der Waals surface area (Å²) < 4.78 is 13.6. The summed E-state index contributed by atoms with van der Waals surface area (Å²) in [6.45, 7) is 0.872. The Morgan fingerprint density at radius 3 is 2.81 bits per heavy atom. The van der Waals surface area contributed by atoms with Crippen LogP contribution in [0, 0.1) is 0 Å². The molecule has 0 aliphatic heterocycles. The number of ether oxygens (including phenoxy) is 2. The van der Waals surface area contributed by atoms with Crippen molar-refractivity contribution < 1.29 is 14.3 Å². The van der Waals surface area contributed by atoms with Gasteiger partial charge in [0.15, 0.2) is 0 Å². The van der Waals surface area contributed by atoms with E-state index >= 15 is 0 Å². The first kappa shape index (κ1) is 19.4. The first-order valence-electron chi connectivity index (χ1n) is 8.24. The molecule has 6 nitrogen and oxygen atoms in total. The minimum Gasteiger partial charge on any atom is -0.497 e. The number of nitrogens with zero attached hydrogens (tertiary/aromatic N) is 3. The Morgan fingerprint density at radius 2 is 2.11 bits per heavy atom. The lowest BCUT2D eigenvalue weighted by Gasteiger charge is -2.16. The summed E-state index contributed by atoms with van der Waals surface area (Å²) in [6.07, 6.45) is 1.73. The average Bonchev–Trinajstić information content (AvgIpc) is 3.28. The van der Waals surface area contributed by atoms with Crippen LogP contribution in [0.1, 0.15) is 20.9 Å². The Balaban J connectivity index is 1.61. The highest BCUT2D eigenvalue weighted by Gasteiger charge is 2.17. The van der Waals surface area contributed by atoms with Crippen molar-refractivity contribution in [2.75, 3.05) is 14.2 Å². The van der Waals surface area contributed by atoms with E-state index in [9.17, 15) is 4.79 Å². The van der Waals surface area contributed by atoms with Crippen LogP contribution in [0.25, 0.3) is 0 Å². The van der Waals surface area contributed by atoms with Gasteiger partial charge in [-0.25, -0.2) is 0 Å². The minimum atomic E-state index is -0.0271. The molecule has 0 spiro atoms. The first-order chi connectivity index (χ1) is 13.0. The third-order valence-corrected chi connectivity index (χ3v) is 5.68. The zero-order valence-electron chi connectivity index (χ0n) is 15.3. The van der Waals surface area contributed by atoms with E-state index in [0.29, 0.717) is 18.0 Å². The van der Waals surface area contributed by atoms with Crippen LogP contribution in [0.15, 0.2) is 46.4 Å². The largest absolute Gasteiger partial charge is 0.497 e. The van der Waals surface area contributed by atoms with Crippen LogP contribution in [-0.4, -0.2) is 34.7 Å². The van der Waals surface area contributed by atoms with Crippen LogP contribution >= 0.6 is 27.3 Å². The maximum atomic E-state index is 12.7. The quantitative estimate of drug-likeness (QED) is 0.544. The molecule has 3 rings (SSSR count). The van der Waals surface area contributed by atoms with E-state index in [2.05, 4.69) is 21.0 Å². The van der Waals surface area contributed by atoms with Crippen molar-refractivity contribution in [3.8, 4) is 11.5 Å². The lowest BCUT2D eigenvalue weighted by molar-refractivity contribution is 0.0786. The number of carbonyl (C=O) groups is 1. The van der Waals surface area contributed by atoms with Crippen LogP contribution in [0.4, 0.5) is 0 Å². The summed E-state index contributed by atoms with van der Waals surface area (Å²) in [7, 11) is 5.27. The molecule has 0 fully saturated rings. The zero-order chi connectivity index (χ0) is 19.4. The summed E-state index contributed by atoms with van der Waals surface area (Å²) in [5.74, 6) is 1.45. The van der Waals surface area contributed by atoms with Crippen LogP contribution in [-0.2, 0) is 20.2 Å². The molecule has 3 aromatic rings. The topological polar surface area (TPSA) is 56.6 Å². The van der Waals surface area contributed by atoms with Gasteiger partial charge in [-0.05, 0) is 39.5 Å². The van der Waals surface area contributed by atoms with Gasteiger partial charge in [0.2, 0.25) is 0 Å². The van der Waals surface area contributed by atoms with Crippen LogP contribution in [0.2, 0.25) is 0 Å². The van der Waals surface area contributed by atoms with Crippen molar-refractivity contribution in [2.24, 2.45) is 7.05 Å². The van der Waals surface area contributed by atoms with Crippen LogP contribution in [0.3, 0.4) is 0 Å². The Kier molecular flexibility index (Phi) is 6.18. The van der Waals surface area contributed by atoms with E-state index in [1.807, 2.05) is 42.8 Å². The van der Waals surface area contributed by atoms with Crippen molar-refractivity contribution >= 4 is 33.2 Å². The standard InChI is InChI=1S/C19H20BrN3O3S/c1-22(10-17-16(20)9-21-23(17)2)19(24)18-7-13(12-27-18)11-26-15-6-4-5-14(8-15)25-3/h4-9,12H,10-11H2,1-3H3. The highest BCUT2D eigenvalue weighted by Crippen LogP contribution is 2.23. The molecule has 0 N–H and O–H groups in total. The molecule has 0 unspecified atom stereocenters. The molecule has 0 aliphatic carbocycles. The van der Waals surface area contributed by atoms with Gasteiger partial charge in [0.25, 0.3) is 5.91 Å². The molecule has 0 atom stereocenters. The fraction of sp³-hybridized carbons (Fsp3) is 0.263. The number of hydrogen-bond acceptors (Lipinski definition) is 5. The molecule has 27 heavy (non-hydrogen) atoms. The Morgan fingerprint density at radius 1 is 1.33 bits per heavy atom. The SMILES string of the molecule is COc1cccc(OCc2csc(C(=O)N(C)Cc3c(Br)cnn3C)c2)c1. The van der Waals surface area contributed by atoms with Gasteiger partial charge in [0.1, 0.15) is 18.1 Å². The Hall–Kier alpha value is -2.32. The monoisotopic (exact) mass is 449 g/mol. The normalized spacial score (nSPS) is 10.7. The predicted molar refractivity (Wildman–Crippen MR) is 108 cm³/mol. The molecule has 0 radical (unpaired) electrons. The fourth-order valence-electron chi connectivity index (χ4n) is 2.52. The third kappa shape index (κ3) is 4.70. The number of hydrogen-bond donors (Lipinski definition) is 0. The van der Waals surface area contributed by atoms with Crippen molar-refractivity contribution in [3.05, 3.63) is 62.5 Å². The van der Waals surface area contributed by atoms with E-state index in [1.54, 1.807) is 29.9 Å². The van der Waals surface area contributed by atoms with Crippen molar-refractivity contribution in [1.82, 2.24) is 14.7 Å². The molecule has 8 heteroatoms. The van der Waals surface area contributed by atoms with Crippen LogP contribution < -0.4 is 9.47 Å². The molecule has 142 valence electrons. The second kappa shape index (κ2) is 8.58. The Bertz CT molecular complexity index is 918. The van der Waals surface area contributed by atoms with Crippen molar-refractivity contribution in [2.45, 2.75) is 13.2 Å². The van der Waals surface area contributed by atoms with Gasteiger partial charge in [0.05, 0.1) is 34.9 Å². The van der Waals surface area contributed by atoms with Gasteiger partial charge in [0, 0.05) is 25.7 Å². The van der Waals surface area contributed by atoms with Crippen molar-refractivity contribution in [1.29, 1.82) is 0 Å². The number of rotatable bonds is 7. The van der Waals surface area contributed by atoms with E-state index < -0.39 is 0 Å². The molecule has 0 saturated carbocycles. The second-order valence-corrected chi connectivity index (χ2v) is 7.78. The van der Waals surface area contributed by atoms with Gasteiger partial charge in [-0.2, -0.15) is 5.10 Å². The van der Waals surface area contributed by atoms with E-state index in [4.69, 9.17) is 9.47 Å². The summed E-state index contributed by atoms with van der Waals surface area (Å²) in [6, 6.07) is 9.33. The van der Waals surface area contributed by atoms with Crippen LogP contribution in [0.5, 0.6) is 11.5 Å². The Labute approximate surface area is 170 Å². The maximum absolute atomic E-state index is 12.7. The second-order valence-electron chi connectivity index (χ2n) is 6.01. The highest BCUT2D eigenvalue weighted by atomic mass is 79.9. The number of amides is 1. The van der Waals surface area contributed by atoms with E-state index in [0.717, 1.165) is 27.2 Å². The highest BCUT2D eigenvalue weighted by molar-refractivity contribution is 9.10. The number of benzene rings is 1. The lowest BCUT2D eigenvalue weighted by Crippen LogP contribution is -2.26. The predicted octanol–water partition coefficient (Wildman–Crippen LogP) is 4.10. The minimum absolute atomic E-state index is 0.0271. The molecule has 0 bridgehead atoms. The number of aromatic nitrogens is 2. The van der Waals surface area contributed by atoms with Crippen molar-refractivity contribution in [3.63, 3.8) is 0 Å². The number of aryl methyl sites for hydroxylation is 1. The zero-order valence-corrected chi connectivity index (χ0v) is 17.7. The molecule has 2 heterocycles. The first-order valence-corrected chi connectivity index (χ1v) is 9.91. The number of methoxy groups -OCH3 is 1.